The van der Waals surface area contributed by atoms with Crippen LogP contribution in [-0.2, 0) is 13.0 Å². The van der Waals surface area contributed by atoms with Crippen molar-refractivity contribution < 1.29 is 5.11 Å². The zero-order valence-electron chi connectivity index (χ0n) is 9.68. The summed E-state index contributed by atoms with van der Waals surface area (Å²) in [5, 5.41) is 10.7. The van der Waals surface area contributed by atoms with Crippen LogP contribution in [0.2, 0.25) is 0 Å². The van der Waals surface area contributed by atoms with Gasteiger partial charge >= 0.3 is 0 Å². The molecular weight excluding hydrogens is 232 g/mol. The molecule has 0 amide bonds. The number of aryl methyl sites for hydroxylation is 1. The highest BCUT2D eigenvalue weighted by atomic mass is 32.1. The van der Waals surface area contributed by atoms with Gasteiger partial charge in [0.2, 0.25) is 0 Å². The Hall–Kier alpha value is -1.57. The van der Waals surface area contributed by atoms with Gasteiger partial charge in [0.25, 0.3) is 0 Å². The predicted octanol–water partition coefficient (Wildman–Crippen LogP) is 1.90. The smallest absolute Gasteiger partial charge is 0.108 e. The molecule has 0 radical (unpaired) electrons. The average molecular weight is 246 g/mol. The largest absolute Gasteiger partial charge is 0.384 e. The Morgan fingerprint density at radius 1 is 1.53 bits per heavy atom. The van der Waals surface area contributed by atoms with Gasteiger partial charge in [0.1, 0.15) is 12.4 Å². The predicted molar refractivity (Wildman–Crippen MR) is 69.0 cm³/mol. The van der Waals surface area contributed by atoms with E-state index < -0.39 is 0 Å². The van der Waals surface area contributed by atoms with E-state index >= 15 is 0 Å². The van der Waals surface area contributed by atoms with Gasteiger partial charge in [0, 0.05) is 29.3 Å². The van der Waals surface area contributed by atoms with Crippen molar-refractivity contribution in [2.75, 3.05) is 6.61 Å². The van der Waals surface area contributed by atoms with Crippen LogP contribution in [-0.4, -0.2) is 21.3 Å². The molecule has 88 valence electrons. The van der Waals surface area contributed by atoms with Crippen molar-refractivity contribution in [1.82, 2.24) is 9.55 Å². The first kappa shape index (κ1) is 11.9. The summed E-state index contributed by atoms with van der Waals surface area (Å²) < 4.78 is 2.13. The van der Waals surface area contributed by atoms with Crippen molar-refractivity contribution in [2.24, 2.45) is 0 Å². The number of hydrogen-bond acceptors (Lipinski definition) is 3. The zero-order chi connectivity index (χ0) is 12.1. The molecule has 2 heterocycles. The van der Waals surface area contributed by atoms with Crippen LogP contribution in [0.15, 0.2) is 23.8 Å². The summed E-state index contributed by atoms with van der Waals surface area (Å²) in [4.78, 5) is 5.51. The number of rotatable bonds is 3. The highest BCUT2D eigenvalue weighted by Crippen LogP contribution is 2.18. The second-order valence-electron chi connectivity index (χ2n) is 3.54. The highest BCUT2D eigenvalue weighted by molar-refractivity contribution is 7.10. The van der Waals surface area contributed by atoms with Gasteiger partial charge in [-0.05, 0) is 11.4 Å². The summed E-state index contributed by atoms with van der Waals surface area (Å²) in [6, 6.07) is 1.99. The lowest BCUT2D eigenvalue weighted by Gasteiger charge is -2.04. The molecule has 0 fully saturated rings. The molecule has 0 bridgehead atoms. The molecule has 0 atom stereocenters. The summed E-state index contributed by atoms with van der Waals surface area (Å²) in [5.74, 6) is 6.74. The first-order valence-corrected chi connectivity index (χ1v) is 6.39. The number of aromatic nitrogens is 2. The average Bonchev–Trinajstić information content (AvgIpc) is 2.96. The van der Waals surface area contributed by atoms with Gasteiger partial charge in [-0.3, -0.25) is 0 Å². The van der Waals surface area contributed by atoms with Crippen molar-refractivity contribution in [3.05, 3.63) is 40.1 Å². The van der Waals surface area contributed by atoms with Gasteiger partial charge in [-0.15, -0.1) is 11.3 Å². The molecule has 0 aliphatic heterocycles. The summed E-state index contributed by atoms with van der Waals surface area (Å²) in [7, 11) is 0. The fourth-order valence-electron chi connectivity index (χ4n) is 1.66. The maximum atomic E-state index is 8.71. The molecule has 17 heavy (non-hydrogen) atoms. The van der Waals surface area contributed by atoms with E-state index in [-0.39, 0.29) is 6.61 Å². The molecule has 2 aromatic rings. The molecule has 0 aromatic carbocycles. The van der Waals surface area contributed by atoms with Gasteiger partial charge in [0.05, 0.1) is 6.54 Å². The zero-order valence-corrected chi connectivity index (χ0v) is 10.5. The van der Waals surface area contributed by atoms with E-state index in [0.29, 0.717) is 0 Å². The summed E-state index contributed by atoms with van der Waals surface area (Å²) in [5.41, 5.74) is 1.000. The molecule has 4 heteroatoms. The molecule has 0 saturated heterocycles. The van der Waals surface area contributed by atoms with E-state index in [4.69, 9.17) is 5.11 Å². The van der Waals surface area contributed by atoms with E-state index in [9.17, 15) is 0 Å². The fraction of sp³-hybridized carbons (Fsp3) is 0.308. The molecule has 0 aliphatic carbocycles. The molecule has 0 aliphatic rings. The lowest BCUT2D eigenvalue weighted by atomic mass is 10.2. The van der Waals surface area contributed by atoms with Crippen LogP contribution in [0.5, 0.6) is 0 Å². The molecule has 0 saturated carbocycles. The monoisotopic (exact) mass is 246 g/mol. The molecule has 1 N–H and O–H groups in total. The molecule has 2 aromatic heterocycles. The van der Waals surface area contributed by atoms with Gasteiger partial charge < -0.3 is 9.67 Å². The Morgan fingerprint density at radius 3 is 3.18 bits per heavy atom. The van der Waals surface area contributed by atoms with E-state index in [2.05, 4.69) is 28.3 Å². The van der Waals surface area contributed by atoms with Crippen LogP contribution in [0.1, 0.15) is 23.2 Å². The van der Waals surface area contributed by atoms with Crippen LogP contribution in [0.25, 0.3) is 0 Å². The van der Waals surface area contributed by atoms with E-state index in [0.717, 1.165) is 24.4 Å². The molecule has 3 nitrogen and oxygen atoms in total. The Balaban J connectivity index is 2.22. The van der Waals surface area contributed by atoms with Gasteiger partial charge in [-0.1, -0.05) is 18.8 Å². The summed E-state index contributed by atoms with van der Waals surface area (Å²) in [6.45, 7) is 2.80. The minimum absolute atomic E-state index is 0.0967. The topological polar surface area (TPSA) is 38.0 Å². The Kier molecular flexibility index (Phi) is 3.97. The minimum Gasteiger partial charge on any atom is -0.384 e. The second-order valence-corrected chi connectivity index (χ2v) is 4.54. The SMILES string of the molecule is CCc1nccn1Cc1sccc1C#CCO. The number of thiophene rings is 1. The first-order chi connectivity index (χ1) is 8.35. The standard InChI is InChI=1S/C13H14N2OS/c1-2-13-14-6-7-15(13)10-12-11(4-3-8-16)5-9-17-12/h5-7,9,16H,2,8,10H2,1H3. The maximum absolute atomic E-state index is 8.71. The third-order valence-electron chi connectivity index (χ3n) is 2.48. The third-order valence-corrected chi connectivity index (χ3v) is 3.39. The number of nitrogens with zero attached hydrogens (tertiary/aromatic N) is 2. The molecular formula is C13H14N2OS. The van der Waals surface area contributed by atoms with Crippen molar-refractivity contribution in [3.8, 4) is 11.8 Å². The van der Waals surface area contributed by atoms with E-state index in [1.165, 1.54) is 4.88 Å². The maximum Gasteiger partial charge on any atom is 0.108 e. The van der Waals surface area contributed by atoms with Gasteiger partial charge in [-0.2, -0.15) is 0 Å². The van der Waals surface area contributed by atoms with Crippen molar-refractivity contribution in [2.45, 2.75) is 19.9 Å². The van der Waals surface area contributed by atoms with E-state index in [1.54, 1.807) is 11.3 Å². The normalized spacial score (nSPS) is 10.0. The quantitative estimate of drug-likeness (QED) is 0.840. The summed E-state index contributed by atoms with van der Waals surface area (Å²) >= 11 is 1.68. The molecule has 0 spiro atoms. The van der Waals surface area contributed by atoms with Crippen LogP contribution in [0.3, 0.4) is 0 Å². The number of hydrogen-bond donors (Lipinski definition) is 1. The van der Waals surface area contributed by atoms with Crippen molar-refractivity contribution in [3.63, 3.8) is 0 Å². The van der Waals surface area contributed by atoms with E-state index in [1.807, 2.05) is 23.8 Å². The minimum atomic E-state index is -0.0967. The lowest BCUT2D eigenvalue weighted by molar-refractivity contribution is 0.350. The third kappa shape index (κ3) is 2.76. The number of imidazole rings is 1. The molecule has 2 rings (SSSR count). The van der Waals surface area contributed by atoms with Crippen LogP contribution in [0.4, 0.5) is 0 Å². The van der Waals surface area contributed by atoms with Crippen molar-refractivity contribution >= 4 is 11.3 Å². The first-order valence-electron chi connectivity index (χ1n) is 5.51. The van der Waals surface area contributed by atoms with Gasteiger partial charge in [0.15, 0.2) is 0 Å². The number of aliphatic hydroxyl groups excluding tert-OH is 1. The Morgan fingerprint density at radius 2 is 2.41 bits per heavy atom. The molecule has 0 unspecified atom stereocenters. The fourth-order valence-corrected chi connectivity index (χ4v) is 2.49. The van der Waals surface area contributed by atoms with Crippen molar-refractivity contribution in [1.29, 1.82) is 0 Å². The Bertz CT molecular complexity index is 545. The lowest BCUT2D eigenvalue weighted by Crippen LogP contribution is -2.03. The van der Waals surface area contributed by atoms with Gasteiger partial charge in [-0.25, -0.2) is 4.98 Å². The highest BCUT2D eigenvalue weighted by Gasteiger charge is 2.05. The van der Waals surface area contributed by atoms with Crippen LogP contribution < -0.4 is 0 Å². The second kappa shape index (κ2) is 5.67. The summed E-state index contributed by atoms with van der Waals surface area (Å²) in [6.07, 6.45) is 4.74. The van der Waals surface area contributed by atoms with Crippen LogP contribution >= 0.6 is 11.3 Å². The number of aliphatic hydroxyl groups is 1. The van der Waals surface area contributed by atoms with Crippen LogP contribution in [0, 0.1) is 11.8 Å². The Labute approximate surface area is 105 Å².